The normalized spacial score (nSPS) is 15.4. The summed E-state index contributed by atoms with van der Waals surface area (Å²) in [4.78, 5) is 14.4. The first-order valence-electron chi connectivity index (χ1n) is 9.46. The third-order valence-electron chi connectivity index (χ3n) is 5.45. The second-order valence-corrected chi connectivity index (χ2v) is 7.22. The summed E-state index contributed by atoms with van der Waals surface area (Å²) >= 11 is 0. The Morgan fingerprint density at radius 3 is 2.86 bits per heavy atom. The lowest BCUT2D eigenvalue weighted by Gasteiger charge is -2.33. The van der Waals surface area contributed by atoms with E-state index in [9.17, 15) is 4.39 Å². The summed E-state index contributed by atoms with van der Waals surface area (Å²) in [5.41, 5.74) is 2.99. The van der Waals surface area contributed by atoms with Gasteiger partial charge in [-0.1, -0.05) is 5.16 Å². The standard InChI is InChI=1S/C21H20FN5O/c1-13-25-21(28-26-13)17-3-2-8-23-20(17)27-9-6-14(7-10-27)18-12-24-19-11-15(22)4-5-16(18)19/h2-5,8,11-12,14,24H,6-7,9-10H2,1H3. The molecule has 3 aromatic heterocycles. The number of H-pyrrole nitrogens is 1. The first-order chi connectivity index (χ1) is 13.7. The van der Waals surface area contributed by atoms with Gasteiger partial charge in [-0.3, -0.25) is 0 Å². The third-order valence-corrected chi connectivity index (χ3v) is 5.45. The number of anilines is 1. The maximum atomic E-state index is 13.5. The van der Waals surface area contributed by atoms with E-state index in [-0.39, 0.29) is 5.82 Å². The van der Waals surface area contributed by atoms with E-state index in [2.05, 4.69) is 25.0 Å². The number of aromatic nitrogens is 4. The van der Waals surface area contributed by atoms with Crippen molar-refractivity contribution >= 4 is 16.7 Å². The fraction of sp³-hybridized carbons (Fsp3) is 0.286. The van der Waals surface area contributed by atoms with Crippen molar-refractivity contribution in [2.75, 3.05) is 18.0 Å². The smallest absolute Gasteiger partial charge is 0.261 e. The zero-order valence-electron chi connectivity index (χ0n) is 15.5. The summed E-state index contributed by atoms with van der Waals surface area (Å²) < 4.78 is 18.8. The number of benzene rings is 1. The molecule has 0 atom stereocenters. The molecule has 0 aliphatic carbocycles. The Bertz CT molecular complexity index is 1130. The molecule has 4 heterocycles. The summed E-state index contributed by atoms with van der Waals surface area (Å²) in [7, 11) is 0. The summed E-state index contributed by atoms with van der Waals surface area (Å²) in [5, 5.41) is 5.01. The predicted octanol–water partition coefficient (Wildman–Crippen LogP) is 4.44. The highest BCUT2D eigenvalue weighted by Crippen LogP contribution is 2.36. The van der Waals surface area contributed by atoms with E-state index in [0.717, 1.165) is 48.2 Å². The topological polar surface area (TPSA) is 70.8 Å². The molecule has 4 aromatic rings. The summed E-state index contributed by atoms with van der Waals surface area (Å²) in [6.07, 6.45) is 5.83. The molecule has 1 fully saturated rings. The van der Waals surface area contributed by atoms with Gasteiger partial charge in [0.2, 0.25) is 0 Å². The van der Waals surface area contributed by atoms with Crippen molar-refractivity contribution < 1.29 is 8.91 Å². The molecule has 5 rings (SSSR count). The number of fused-ring (bicyclic) bond motifs is 1. The lowest BCUT2D eigenvalue weighted by Crippen LogP contribution is -2.33. The van der Waals surface area contributed by atoms with Gasteiger partial charge in [-0.05, 0) is 61.6 Å². The molecule has 6 nitrogen and oxygen atoms in total. The molecule has 0 saturated carbocycles. The lowest BCUT2D eigenvalue weighted by atomic mass is 9.89. The van der Waals surface area contributed by atoms with Crippen LogP contribution in [0.3, 0.4) is 0 Å². The molecule has 0 amide bonds. The highest BCUT2D eigenvalue weighted by Gasteiger charge is 2.26. The van der Waals surface area contributed by atoms with Crippen LogP contribution in [0.15, 0.2) is 47.2 Å². The number of halogens is 1. The van der Waals surface area contributed by atoms with Gasteiger partial charge in [0.1, 0.15) is 11.6 Å². The number of nitrogens with one attached hydrogen (secondary N) is 1. The zero-order valence-corrected chi connectivity index (χ0v) is 15.5. The van der Waals surface area contributed by atoms with Gasteiger partial charge < -0.3 is 14.4 Å². The van der Waals surface area contributed by atoms with Gasteiger partial charge in [0.15, 0.2) is 5.82 Å². The van der Waals surface area contributed by atoms with E-state index in [1.807, 2.05) is 31.3 Å². The maximum absolute atomic E-state index is 13.5. The lowest BCUT2D eigenvalue weighted by molar-refractivity contribution is 0.425. The Morgan fingerprint density at radius 1 is 1.21 bits per heavy atom. The van der Waals surface area contributed by atoms with Crippen LogP contribution in [0.2, 0.25) is 0 Å². The van der Waals surface area contributed by atoms with Crippen molar-refractivity contribution in [3.63, 3.8) is 0 Å². The highest BCUT2D eigenvalue weighted by molar-refractivity contribution is 5.83. The van der Waals surface area contributed by atoms with Crippen LogP contribution in [0.25, 0.3) is 22.4 Å². The first-order valence-corrected chi connectivity index (χ1v) is 9.46. The van der Waals surface area contributed by atoms with Crippen LogP contribution in [-0.4, -0.2) is 33.2 Å². The van der Waals surface area contributed by atoms with E-state index >= 15 is 0 Å². The molecule has 0 unspecified atom stereocenters. The molecule has 0 radical (unpaired) electrons. The molecule has 1 aliphatic rings. The monoisotopic (exact) mass is 377 g/mol. The number of pyridine rings is 1. The van der Waals surface area contributed by atoms with Crippen LogP contribution in [-0.2, 0) is 0 Å². The van der Waals surface area contributed by atoms with E-state index in [1.54, 1.807) is 12.3 Å². The second-order valence-electron chi connectivity index (χ2n) is 7.22. The van der Waals surface area contributed by atoms with Crippen LogP contribution in [0.4, 0.5) is 10.2 Å². The number of aryl methyl sites for hydroxylation is 1. The van der Waals surface area contributed by atoms with Crippen LogP contribution in [0.1, 0.15) is 30.1 Å². The first kappa shape index (κ1) is 16.9. The van der Waals surface area contributed by atoms with E-state index in [0.29, 0.717) is 17.6 Å². The summed E-state index contributed by atoms with van der Waals surface area (Å²) in [5.74, 6) is 2.22. The van der Waals surface area contributed by atoms with Gasteiger partial charge >= 0.3 is 0 Å². The SMILES string of the molecule is Cc1noc(-c2cccnc2N2CCC(c3c[nH]c4cc(F)ccc34)CC2)n1. The minimum Gasteiger partial charge on any atom is -0.361 e. The molecule has 1 N–H and O–H groups in total. The number of nitrogens with zero attached hydrogens (tertiary/aromatic N) is 4. The summed E-state index contributed by atoms with van der Waals surface area (Å²) in [6, 6.07) is 8.81. The molecule has 0 spiro atoms. The van der Waals surface area contributed by atoms with Gasteiger partial charge in [0, 0.05) is 36.4 Å². The Kier molecular flexibility index (Phi) is 4.07. The molecule has 28 heavy (non-hydrogen) atoms. The second kappa shape index (κ2) is 6.74. The molecule has 142 valence electrons. The Hall–Kier alpha value is -3.22. The van der Waals surface area contributed by atoms with Crippen LogP contribution in [0, 0.1) is 12.7 Å². The Balaban J connectivity index is 1.38. The molecule has 0 bridgehead atoms. The maximum Gasteiger partial charge on any atom is 0.261 e. The highest BCUT2D eigenvalue weighted by atomic mass is 19.1. The predicted molar refractivity (Wildman–Crippen MR) is 105 cm³/mol. The fourth-order valence-corrected chi connectivity index (χ4v) is 4.08. The molecule has 1 saturated heterocycles. The average Bonchev–Trinajstić information content (AvgIpc) is 3.34. The molecule has 1 aromatic carbocycles. The number of hydrogen-bond donors (Lipinski definition) is 1. The van der Waals surface area contributed by atoms with Gasteiger partial charge in [-0.25, -0.2) is 9.37 Å². The largest absolute Gasteiger partial charge is 0.361 e. The van der Waals surface area contributed by atoms with Crippen LogP contribution in [0.5, 0.6) is 0 Å². The Morgan fingerprint density at radius 2 is 2.07 bits per heavy atom. The van der Waals surface area contributed by atoms with Gasteiger partial charge in [0.05, 0.1) is 5.56 Å². The third kappa shape index (κ3) is 2.93. The zero-order chi connectivity index (χ0) is 19.1. The van der Waals surface area contributed by atoms with Gasteiger partial charge in [0.25, 0.3) is 5.89 Å². The number of piperidine rings is 1. The summed E-state index contributed by atoms with van der Waals surface area (Å²) in [6.45, 7) is 3.58. The fourth-order valence-electron chi connectivity index (χ4n) is 4.08. The van der Waals surface area contributed by atoms with Crippen LogP contribution >= 0.6 is 0 Å². The van der Waals surface area contributed by atoms with Crippen molar-refractivity contribution in [2.45, 2.75) is 25.7 Å². The molecule has 7 heteroatoms. The van der Waals surface area contributed by atoms with Crippen LogP contribution < -0.4 is 4.90 Å². The van der Waals surface area contributed by atoms with Gasteiger partial charge in [-0.2, -0.15) is 4.98 Å². The van der Waals surface area contributed by atoms with Crippen molar-refractivity contribution in [1.82, 2.24) is 20.1 Å². The minimum absolute atomic E-state index is 0.213. The number of aromatic amines is 1. The quantitative estimate of drug-likeness (QED) is 0.571. The number of rotatable bonds is 3. The van der Waals surface area contributed by atoms with E-state index in [1.165, 1.54) is 11.6 Å². The molecular formula is C21H20FN5O. The van der Waals surface area contributed by atoms with Gasteiger partial charge in [-0.15, -0.1) is 0 Å². The minimum atomic E-state index is -0.213. The van der Waals surface area contributed by atoms with Crippen molar-refractivity contribution in [3.8, 4) is 11.5 Å². The number of hydrogen-bond acceptors (Lipinski definition) is 5. The van der Waals surface area contributed by atoms with Crippen molar-refractivity contribution in [3.05, 3.63) is 59.9 Å². The van der Waals surface area contributed by atoms with E-state index in [4.69, 9.17) is 4.52 Å². The van der Waals surface area contributed by atoms with Crippen molar-refractivity contribution in [2.24, 2.45) is 0 Å². The molecular weight excluding hydrogens is 357 g/mol. The van der Waals surface area contributed by atoms with E-state index < -0.39 is 0 Å². The van der Waals surface area contributed by atoms with Crippen molar-refractivity contribution in [1.29, 1.82) is 0 Å². The Labute approximate surface area is 161 Å². The molecule has 1 aliphatic heterocycles. The average molecular weight is 377 g/mol.